The SMILES string of the molecule is CNc1ncc(Cl)c(Oc2ccc(S(C)(=O)=O)cc2)n1. The first kappa shape index (κ1) is 14.5. The van der Waals surface area contributed by atoms with Gasteiger partial charge in [-0.3, -0.25) is 0 Å². The van der Waals surface area contributed by atoms with Crippen LogP contribution >= 0.6 is 11.6 Å². The molecule has 20 heavy (non-hydrogen) atoms. The Kier molecular flexibility index (Phi) is 4.10. The number of halogens is 1. The number of hydrogen-bond donors (Lipinski definition) is 1. The predicted octanol–water partition coefficient (Wildman–Crippen LogP) is 2.37. The molecule has 0 aliphatic rings. The third-order valence-corrected chi connectivity index (χ3v) is 3.79. The van der Waals surface area contributed by atoms with Crippen LogP contribution in [0, 0.1) is 0 Å². The highest BCUT2D eigenvalue weighted by molar-refractivity contribution is 7.90. The lowest BCUT2D eigenvalue weighted by atomic mass is 10.3. The zero-order valence-electron chi connectivity index (χ0n) is 10.8. The number of benzene rings is 1. The standard InChI is InChI=1S/C12H12ClN3O3S/c1-14-12-15-7-10(13)11(16-12)19-8-3-5-9(6-4-8)20(2,17)18/h3-7H,1-2H3,(H,14,15,16). The molecule has 0 amide bonds. The Morgan fingerprint density at radius 3 is 2.45 bits per heavy atom. The van der Waals surface area contributed by atoms with Crippen LogP contribution < -0.4 is 10.1 Å². The fraction of sp³-hybridized carbons (Fsp3) is 0.167. The minimum atomic E-state index is -3.23. The average Bonchev–Trinajstić information content (AvgIpc) is 2.41. The number of nitrogens with one attached hydrogen (secondary N) is 1. The summed E-state index contributed by atoms with van der Waals surface area (Å²) in [6.45, 7) is 0. The molecular weight excluding hydrogens is 302 g/mol. The second-order valence-electron chi connectivity index (χ2n) is 3.94. The van der Waals surface area contributed by atoms with E-state index < -0.39 is 9.84 Å². The van der Waals surface area contributed by atoms with Crippen LogP contribution in [-0.4, -0.2) is 31.7 Å². The van der Waals surface area contributed by atoms with Crippen LogP contribution in [0.5, 0.6) is 11.6 Å². The van der Waals surface area contributed by atoms with E-state index >= 15 is 0 Å². The van der Waals surface area contributed by atoms with Crippen molar-refractivity contribution in [3.05, 3.63) is 35.5 Å². The van der Waals surface area contributed by atoms with E-state index in [9.17, 15) is 8.42 Å². The molecule has 0 radical (unpaired) electrons. The first-order valence-corrected chi connectivity index (χ1v) is 7.85. The molecule has 1 aromatic carbocycles. The second kappa shape index (κ2) is 5.64. The quantitative estimate of drug-likeness (QED) is 0.933. The highest BCUT2D eigenvalue weighted by Crippen LogP contribution is 2.28. The fourth-order valence-corrected chi connectivity index (χ4v) is 2.17. The average molecular weight is 314 g/mol. The van der Waals surface area contributed by atoms with E-state index in [1.165, 1.54) is 30.5 Å². The summed E-state index contributed by atoms with van der Waals surface area (Å²) in [4.78, 5) is 8.21. The second-order valence-corrected chi connectivity index (χ2v) is 6.37. The van der Waals surface area contributed by atoms with E-state index in [1.807, 2.05) is 0 Å². The molecule has 0 spiro atoms. The van der Waals surface area contributed by atoms with Crippen molar-refractivity contribution in [3.63, 3.8) is 0 Å². The Morgan fingerprint density at radius 2 is 1.90 bits per heavy atom. The maximum atomic E-state index is 11.3. The molecule has 1 aromatic heterocycles. The minimum absolute atomic E-state index is 0.193. The van der Waals surface area contributed by atoms with Crippen molar-refractivity contribution in [1.82, 2.24) is 9.97 Å². The van der Waals surface area contributed by atoms with E-state index in [0.717, 1.165) is 6.26 Å². The topological polar surface area (TPSA) is 81.2 Å². The maximum Gasteiger partial charge on any atom is 0.243 e. The lowest BCUT2D eigenvalue weighted by Gasteiger charge is -2.08. The van der Waals surface area contributed by atoms with E-state index in [4.69, 9.17) is 16.3 Å². The van der Waals surface area contributed by atoms with Crippen molar-refractivity contribution >= 4 is 27.4 Å². The molecular formula is C12H12ClN3O3S. The molecule has 106 valence electrons. The Balaban J connectivity index is 2.26. The first-order valence-electron chi connectivity index (χ1n) is 5.58. The Hall–Kier alpha value is -1.86. The van der Waals surface area contributed by atoms with Gasteiger partial charge in [0.1, 0.15) is 10.8 Å². The van der Waals surface area contributed by atoms with Gasteiger partial charge >= 0.3 is 0 Å². The van der Waals surface area contributed by atoms with Gasteiger partial charge in [0.05, 0.1) is 11.1 Å². The molecule has 0 saturated carbocycles. The van der Waals surface area contributed by atoms with E-state index in [-0.39, 0.29) is 15.8 Å². The molecule has 0 aliphatic carbocycles. The summed E-state index contributed by atoms with van der Waals surface area (Å²) in [5, 5.41) is 3.03. The van der Waals surface area contributed by atoms with Gasteiger partial charge in [-0.1, -0.05) is 11.6 Å². The number of anilines is 1. The Labute approximate surface area is 121 Å². The molecule has 1 heterocycles. The fourth-order valence-electron chi connectivity index (χ4n) is 1.41. The van der Waals surface area contributed by atoms with E-state index in [2.05, 4.69) is 15.3 Å². The largest absolute Gasteiger partial charge is 0.437 e. The van der Waals surface area contributed by atoms with Crippen LogP contribution in [0.25, 0.3) is 0 Å². The van der Waals surface area contributed by atoms with Gasteiger partial charge in [-0.25, -0.2) is 13.4 Å². The Morgan fingerprint density at radius 1 is 1.25 bits per heavy atom. The highest BCUT2D eigenvalue weighted by atomic mass is 35.5. The number of rotatable bonds is 4. The molecule has 2 aromatic rings. The smallest absolute Gasteiger partial charge is 0.243 e. The van der Waals surface area contributed by atoms with Gasteiger partial charge in [0, 0.05) is 13.3 Å². The molecule has 1 N–H and O–H groups in total. The molecule has 0 atom stereocenters. The molecule has 0 saturated heterocycles. The normalized spacial score (nSPS) is 11.2. The van der Waals surface area contributed by atoms with Gasteiger partial charge in [-0.2, -0.15) is 4.98 Å². The zero-order chi connectivity index (χ0) is 14.8. The number of hydrogen-bond acceptors (Lipinski definition) is 6. The van der Waals surface area contributed by atoms with Gasteiger partial charge in [-0.05, 0) is 24.3 Å². The molecule has 0 unspecified atom stereocenters. The van der Waals surface area contributed by atoms with Crippen molar-refractivity contribution in [2.24, 2.45) is 0 Å². The zero-order valence-corrected chi connectivity index (χ0v) is 12.4. The lowest BCUT2D eigenvalue weighted by molar-refractivity contribution is 0.462. The number of ether oxygens (including phenoxy) is 1. The van der Waals surface area contributed by atoms with Crippen LogP contribution in [0.4, 0.5) is 5.95 Å². The summed E-state index contributed by atoms with van der Waals surface area (Å²) in [6, 6.07) is 5.99. The third kappa shape index (κ3) is 3.37. The van der Waals surface area contributed by atoms with Crippen molar-refractivity contribution in [2.75, 3.05) is 18.6 Å². The summed E-state index contributed by atoms with van der Waals surface area (Å²) in [6.07, 6.45) is 2.56. The van der Waals surface area contributed by atoms with Gasteiger partial charge in [-0.15, -0.1) is 0 Å². The molecule has 2 rings (SSSR count). The van der Waals surface area contributed by atoms with Crippen LogP contribution in [0.1, 0.15) is 0 Å². The third-order valence-electron chi connectivity index (χ3n) is 2.40. The van der Waals surface area contributed by atoms with Crippen molar-refractivity contribution in [1.29, 1.82) is 0 Å². The summed E-state index contributed by atoms with van der Waals surface area (Å²) >= 11 is 5.93. The summed E-state index contributed by atoms with van der Waals surface area (Å²) < 4.78 is 28.2. The summed E-state index contributed by atoms with van der Waals surface area (Å²) in [5.74, 6) is 0.996. The van der Waals surface area contributed by atoms with Gasteiger partial charge in [0.15, 0.2) is 9.84 Å². The highest BCUT2D eigenvalue weighted by Gasteiger charge is 2.10. The first-order chi connectivity index (χ1) is 9.40. The number of nitrogens with zero attached hydrogens (tertiary/aromatic N) is 2. The van der Waals surface area contributed by atoms with Crippen LogP contribution in [0.3, 0.4) is 0 Å². The van der Waals surface area contributed by atoms with E-state index in [0.29, 0.717) is 11.7 Å². The maximum absolute atomic E-state index is 11.3. The molecule has 0 fully saturated rings. The van der Waals surface area contributed by atoms with Crippen molar-refractivity contribution in [2.45, 2.75) is 4.90 Å². The van der Waals surface area contributed by atoms with Crippen molar-refractivity contribution in [3.8, 4) is 11.6 Å². The molecule has 0 aliphatic heterocycles. The monoisotopic (exact) mass is 313 g/mol. The summed E-state index contributed by atoms with van der Waals surface area (Å²) in [7, 11) is -1.55. The molecule has 0 bridgehead atoms. The minimum Gasteiger partial charge on any atom is -0.437 e. The Bertz CT molecular complexity index is 717. The van der Waals surface area contributed by atoms with Crippen molar-refractivity contribution < 1.29 is 13.2 Å². The van der Waals surface area contributed by atoms with Crippen LogP contribution in [-0.2, 0) is 9.84 Å². The number of aromatic nitrogens is 2. The molecule has 6 nitrogen and oxygen atoms in total. The van der Waals surface area contributed by atoms with Gasteiger partial charge in [0.2, 0.25) is 11.8 Å². The van der Waals surface area contributed by atoms with Crippen LogP contribution in [0.2, 0.25) is 5.02 Å². The van der Waals surface area contributed by atoms with Crippen LogP contribution in [0.15, 0.2) is 35.4 Å². The van der Waals surface area contributed by atoms with E-state index in [1.54, 1.807) is 7.05 Å². The van der Waals surface area contributed by atoms with Gasteiger partial charge < -0.3 is 10.1 Å². The van der Waals surface area contributed by atoms with Gasteiger partial charge in [0.25, 0.3) is 0 Å². The predicted molar refractivity (Wildman–Crippen MR) is 76.2 cm³/mol. The lowest BCUT2D eigenvalue weighted by Crippen LogP contribution is -1.99. The summed E-state index contributed by atoms with van der Waals surface area (Å²) in [5.41, 5.74) is 0. The number of sulfone groups is 1. The molecule has 8 heteroatoms.